The van der Waals surface area contributed by atoms with Crippen molar-refractivity contribution in [3.05, 3.63) is 53.0 Å². The molecule has 1 aliphatic rings. The summed E-state index contributed by atoms with van der Waals surface area (Å²) < 4.78 is 17.2. The predicted molar refractivity (Wildman–Crippen MR) is 147 cm³/mol. The highest BCUT2D eigenvalue weighted by Gasteiger charge is 2.20. The van der Waals surface area contributed by atoms with Gasteiger partial charge in [-0.3, -0.25) is 15.0 Å². The van der Waals surface area contributed by atoms with Gasteiger partial charge in [-0.25, -0.2) is 0 Å². The molecule has 1 fully saturated rings. The number of ether oxygens (including phenoxy) is 3. The van der Waals surface area contributed by atoms with Gasteiger partial charge < -0.3 is 19.1 Å². The summed E-state index contributed by atoms with van der Waals surface area (Å²) in [4.78, 5) is 17.9. The zero-order chi connectivity index (χ0) is 26.0. The molecule has 0 radical (unpaired) electrons. The van der Waals surface area contributed by atoms with Crippen LogP contribution in [0.2, 0.25) is 0 Å². The second-order valence-electron chi connectivity index (χ2n) is 8.47. The lowest BCUT2D eigenvalue weighted by molar-refractivity contribution is 0.102. The number of nitrogens with one attached hydrogen (secondary N) is 1. The minimum Gasteiger partial charge on any atom is -0.490 e. The van der Waals surface area contributed by atoms with Gasteiger partial charge >= 0.3 is 0 Å². The molecule has 10 heteroatoms. The SMILES string of the molecule is CCOc1cc(C(=O)Nc2nnc(CCN3CCN(c4ccccc4)CC3)s2)cc(OCC)c1OCC. The Balaban J connectivity index is 1.33. The van der Waals surface area contributed by atoms with Crippen LogP contribution in [0.15, 0.2) is 42.5 Å². The van der Waals surface area contributed by atoms with Gasteiger partial charge in [0.15, 0.2) is 11.5 Å². The maximum atomic E-state index is 13.0. The lowest BCUT2D eigenvalue weighted by Gasteiger charge is -2.36. The van der Waals surface area contributed by atoms with E-state index in [4.69, 9.17) is 14.2 Å². The number of aromatic nitrogens is 2. The number of amides is 1. The molecular weight excluding hydrogens is 490 g/mol. The maximum absolute atomic E-state index is 13.0. The highest BCUT2D eigenvalue weighted by Crippen LogP contribution is 2.39. The van der Waals surface area contributed by atoms with E-state index in [0.29, 0.717) is 47.8 Å². The number of rotatable bonds is 12. The Labute approximate surface area is 222 Å². The van der Waals surface area contributed by atoms with Gasteiger partial charge in [-0.2, -0.15) is 0 Å². The second-order valence-corrected chi connectivity index (χ2v) is 9.53. The zero-order valence-electron chi connectivity index (χ0n) is 21.7. The number of carbonyl (C=O) groups excluding carboxylic acids is 1. The van der Waals surface area contributed by atoms with Crippen molar-refractivity contribution < 1.29 is 19.0 Å². The van der Waals surface area contributed by atoms with Gasteiger partial charge in [-0.15, -0.1) is 10.2 Å². The molecule has 198 valence electrons. The van der Waals surface area contributed by atoms with E-state index in [1.165, 1.54) is 17.0 Å². The van der Waals surface area contributed by atoms with Crippen LogP contribution < -0.4 is 24.4 Å². The number of anilines is 2. The molecule has 37 heavy (non-hydrogen) atoms. The Kier molecular flexibility index (Phi) is 9.56. The largest absolute Gasteiger partial charge is 0.490 e. The number of nitrogens with zero attached hydrogens (tertiary/aromatic N) is 4. The lowest BCUT2D eigenvalue weighted by atomic mass is 10.1. The van der Waals surface area contributed by atoms with Crippen LogP contribution in [0.3, 0.4) is 0 Å². The fourth-order valence-corrected chi connectivity index (χ4v) is 4.94. The molecule has 0 saturated carbocycles. The molecule has 4 rings (SSSR count). The highest BCUT2D eigenvalue weighted by atomic mass is 32.1. The maximum Gasteiger partial charge on any atom is 0.257 e. The number of carbonyl (C=O) groups is 1. The molecule has 1 aliphatic heterocycles. The minimum atomic E-state index is -0.301. The first-order chi connectivity index (χ1) is 18.1. The van der Waals surface area contributed by atoms with Crippen molar-refractivity contribution in [2.24, 2.45) is 0 Å². The van der Waals surface area contributed by atoms with Crippen LogP contribution in [-0.4, -0.2) is 73.5 Å². The monoisotopic (exact) mass is 525 g/mol. The molecule has 3 aromatic rings. The van der Waals surface area contributed by atoms with Gasteiger partial charge in [0.2, 0.25) is 10.9 Å². The average Bonchev–Trinajstić information content (AvgIpc) is 3.37. The summed E-state index contributed by atoms with van der Waals surface area (Å²) in [5.41, 5.74) is 1.68. The lowest BCUT2D eigenvalue weighted by Crippen LogP contribution is -2.46. The van der Waals surface area contributed by atoms with Gasteiger partial charge in [-0.1, -0.05) is 29.5 Å². The number of hydrogen-bond donors (Lipinski definition) is 1. The first kappa shape index (κ1) is 26.7. The zero-order valence-corrected chi connectivity index (χ0v) is 22.6. The van der Waals surface area contributed by atoms with Gasteiger partial charge in [0.05, 0.1) is 19.8 Å². The molecule has 1 saturated heterocycles. The van der Waals surface area contributed by atoms with Crippen molar-refractivity contribution in [3.8, 4) is 17.2 Å². The molecule has 1 aromatic heterocycles. The van der Waals surface area contributed by atoms with Crippen molar-refractivity contribution in [3.63, 3.8) is 0 Å². The Morgan fingerprint density at radius 2 is 1.57 bits per heavy atom. The van der Waals surface area contributed by atoms with Crippen LogP contribution in [0.25, 0.3) is 0 Å². The van der Waals surface area contributed by atoms with Gasteiger partial charge in [0.1, 0.15) is 5.01 Å². The Morgan fingerprint density at radius 1 is 0.919 bits per heavy atom. The van der Waals surface area contributed by atoms with Gasteiger partial charge in [-0.05, 0) is 45.0 Å². The molecule has 0 spiro atoms. The number of para-hydroxylation sites is 1. The normalized spacial score (nSPS) is 13.9. The molecule has 2 aromatic carbocycles. The van der Waals surface area contributed by atoms with Gasteiger partial charge in [0.25, 0.3) is 5.91 Å². The number of piperazine rings is 1. The first-order valence-electron chi connectivity index (χ1n) is 12.8. The Morgan fingerprint density at radius 3 is 2.19 bits per heavy atom. The highest BCUT2D eigenvalue weighted by molar-refractivity contribution is 7.15. The van der Waals surface area contributed by atoms with E-state index in [-0.39, 0.29) is 5.91 Å². The molecule has 2 heterocycles. The summed E-state index contributed by atoms with van der Waals surface area (Å²) in [6.07, 6.45) is 0.797. The van der Waals surface area contributed by atoms with E-state index in [1.807, 2.05) is 26.8 Å². The third kappa shape index (κ3) is 7.11. The van der Waals surface area contributed by atoms with Crippen molar-refractivity contribution in [2.75, 3.05) is 62.8 Å². The first-order valence-corrected chi connectivity index (χ1v) is 13.6. The van der Waals surface area contributed by atoms with E-state index in [1.54, 1.807) is 12.1 Å². The third-order valence-electron chi connectivity index (χ3n) is 5.99. The summed E-state index contributed by atoms with van der Waals surface area (Å²) in [6.45, 7) is 12.0. The van der Waals surface area contributed by atoms with Crippen molar-refractivity contribution >= 4 is 28.1 Å². The standard InChI is InChI=1S/C27H35N5O4S/c1-4-34-22-18-20(19-23(35-5-2)25(22)36-6-3)26(33)28-27-30-29-24(37-27)12-13-31-14-16-32(17-15-31)21-10-8-7-9-11-21/h7-11,18-19H,4-6,12-17H2,1-3H3,(H,28,30,33). The van der Waals surface area contributed by atoms with Gasteiger partial charge in [0, 0.05) is 50.4 Å². The fourth-order valence-electron chi connectivity index (χ4n) is 4.22. The minimum absolute atomic E-state index is 0.301. The molecule has 1 N–H and O–H groups in total. The Hall–Kier alpha value is -3.37. The molecule has 0 aliphatic carbocycles. The Bertz CT molecular complexity index is 1120. The van der Waals surface area contributed by atoms with Crippen molar-refractivity contribution in [2.45, 2.75) is 27.2 Å². The average molecular weight is 526 g/mol. The van der Waals surface area contributed by atoms with Crippen LogP contribution >= 0.6 is 11.3 Å². The third-order valence-corrected chi connectivity index (χ3v) is 6.89. The molecule has 0 atom stereocenters. The van der Waals surface area contributed by atoms with E-state index in [9.17, 15) is 4.79 Å². The van der Waals surface area contributed by atoms with E-state index in [0.717, 1.165) is 44.2 Å². The second kappa shape index (κ2) is 13.3. The van der Waals surface area contributed by atoms with Crippen LogP contribution in [0.4, 0.5) is 10.8 Å². The predicted octanol–water partition coefficient (Wildman–Crippen LogP) is 4.35. The smallest absolute Gasteiger partial charge is 0.257 e. The summed E-state index contributed by atoms with van der Waals surface area (Å²) in [7, 11) is 0. The van der Waals surface area contributed by atoms with Crippen molar-refractivity contribution in [1.82, 2.24) is 15.1 Å². The van der Waals surface area contributed by atoms with E-state index in [2.05, 4.69) is 49.6 Å². The van der Waals surface area contributed by atoms with Crippen LogP contribution in [0.5, 0.6) is 17.2 Å². The van der Waals surface area contributed by atoms with E-state index >= 15 is 0 Å². The topological polar surface area (TPSA) is 89.0 Å². The number of hydrogen-bond acceptors (Lipinski definition) is 9. The molecule has 0 unspecified atom stereocenters. The van der Waals surface area contributed by atoms with Crippen LogP contribution in [0, 0.1) is 0 Å². The van der Waals surface area contributed by atoms with Crippen molar-refractivity contribution in [1.29, 1.82) is 0 Å². The van der Waals surface area contributed by atoms with Crippen LogP contribution in [0.1, 0.15) is 36.1 Å². The molecular formula is C27H35N5O4S. The van der Waals surface area contributed by atoms with E-state index < -0.39 is 0 Å². The summed E-state index contributed by atoms with van der Waals surface area (Å²) >= 11 is 1.40. The summed E-state index contributed by atoms with van der Waals surface area (Å²) in [5.74, 6) is 1.16. The summed E-state index contributed by atoms with van der Waals surface area (Å²) in [5, 5.41) is 12.7. The fraction of sp³-hybridized carbons (Fsp3) is 0.444. The molecule has 9 nitrogen and oxygen atoms in total. The van der Waals surface area contributed by atoms with Crippen LogP contribution in [-0.2, 0) is 6.42 Å². The molecule has 1 amide bonds. The molecule has 0 bridgehead atoms. The number of benzene rings is 2. The quantitative estimate of drug-likeness (QED) is 0.373. The summed E-state index contributed by atoms with van der Waals surface area (Å²) in [6, 6.07) is 13.9.